The number of aryl methyl sites for hydroxylation is 1. The summed E-state index contributed by atoms with van der Waals surface area (Å²) in [6.45, 7) is 3.72. The fourth-order valence-corrected chi connectivity index (χ4v) is 2.83. The third kappa shape index (κ3) is 3.96. The van der Waals surface area contributed by atoms with Gasteiger partial charge in [-0.1, -0.05) is 23.7 Å². The molecule has 144 valence electrons. The number of hydrogen-bond donors (Lipinski definition) is 2. The van der Waals surface area contributed by atoms with Gasteiger partial charge in [0.1, 0.15) is 12.1 Å². The third-order valence-corrected chi connectivity index (χ3v) is 4.54. The first-order valence-electron chi connectivity index (χ1n) is 8.34. The summed E-state index contributed by atoms with van der Waals surface area (Å²) in [6.07, 6.45) is 1.25. The maximum atomic E-state index is 11.8. The molecule has 0 amide bonds. The van der Waals surface area contributed by atoms with Gasteiger partial charge in [0.05, 0.1) is 17.7 Å². The molecule has 2 N–H and O–H groups in total. The number of aromatic nitrogens is 2. The Balaban J connectivity index is 2.04. The molecule has 0 aliphatic rings. The van der Waals surface area contributed by atoms with Crippen LogP contribution in [-0.2, 0) is 0 Å². The summed E-state index contributed by atoms with van der Waals surface area (Å²) in [5, 5.41) is 18.3. The summed E-state index contributed by atoms with van der Waals surface area (Å²) in [6, 6.07) is 10.7. The Kier molecular flexibility index (Phi) is 5.60. The van der Waals surface area contributed by atoms with E-state index in [1.807, 2.05) is 26.0 Å². The van der Waals surface area contributed by atoms with Crippen LogP contribution in [0, 0.1) is 24.0 Å². The van der Waals surface area contributed by atoms with Gasteiger partial charge in [0.2, 0.25) is 11.6 Å². The normalized spacial score (nSPS) is 10.4. The second-order valence-corrected chi connectivity index (χ2v) is 6.45. The number of halogens is 1. The van der Waals surface area contributed by atoms with Crippen LogP contribution in [0.5, 0.6) is 5.75 Å². The molecular weight excluding hydrogens is 382 g/mol. The first-order chi connectivity index (χ1) is 13.4. The van der Waals surface area contributed by atoms with Gasteiger partial charge in [-0.15, -0.1) is 0 Å². The highest BCUT2D eigenvalue weighted by atomic mass is 35.5. The standard InChI is InChI=1S/C19H18ClN5O3/c1-11-7-8-16(28-3)15(9-11)24-19-17(25(26)27)18(21-10-22-19)23-14-6-4-5-13(20)12(14)2/h4-10H,1-3H3,(H2,21,22,23,24). The van der Waals surface area contributed by atoms with Crippen molar-refractivity contribution in [1.82, 2.24) is 9.97 Å². The molecule has 0 radical (unpaired) electrons. The monoisotopic (exact) mass is 399 g/mol. The molecule has 1 aromatic heterocycles. The zero-order chi connectivity index (χ0) is 20.3. The van der Waals surface area contributed by atoms with Gasteiger partial charge in [0.15, 0.2) is 0 Å². The van der Waals surface area contributed by atoms with E-state index in [2.05, 4.69) is 20.6 Å². The van der Waals surface area contributed by atoms with E-state index in [4.69, 9.17) is 16.3 Å². The van der Waals surface area contributed by atoms with Gasteiger partial charge < -0.3 is 15.4 Å². The van der Waals surface area contributed by atoms with E-state index in [9.17, 15) is 10.1 Å². The van der Waals surface area contributed by atoms with Gasteiger partial charge >= 0.3 is 5.69 Å². The fourth-order valence-electron chi connectivity index (χ4n) is 2.65. The lowest BCUT2D eigenvalue weighted by Gasteiger charge is -2.14. The van der Waals surface area contributed by atoms with Crippen LogP contribution in [0.4, 0.5) is 28.7 Å². The summed E-state index contributed by atoms with van der Waals surface area (Å²) in [4.78, 5) is 19.4. The molecule has 1 heterocycles. The number of rotatable bonds is 6. The minimum Gasteiger partial charge on any atom is -0.495 e. The van der Waals surface area contributed by atoms with Crippen LogP contribution in [0.1, 0.15) is 11.1 Å². The van der Waals surface area contributed by atoms with Crippen LogP contribution >= 0.6 is 11.6 Å². The number of anilines is 4. The highest BCUT2D eigenvalue weighted by Gasteiger charge is 2.24. The lowest BCUT2D eigenvalue weighted by molar-refractivity contribution is -0.383. The Labute approximate surface area is 166 Å². The molecule has 2 aromatic carbocycles. The summed E-state index contributed by atoms with van der Waals surface area (Å²) in [5.41, 5.74) is 2.62. The largest absolute Gasteiger partial charge is 0.495 e. The lowest BCUT2D eigenvalue weighted by Crippen LogP contribution is -2.06. The molecule has 0 spiro atoms. The second kappa shape index (κ2) is 8.10. The number of nitrogens with one attached hydrogen (secondary N) is 2. The van der Waals surface area contributed by atoms with Crippen molar-refractivity contribution in [3.63, 3.8) is 0 Å². The minimum absolute atomic E-state index is 0.0473. The molecular formula is C19H18ClN5O3. The lowest BCUT2D eigenvalue weighted by atomic mass is 10.2. The first kappa shape index (κ1) is 19.4. The second-order valence-electron chi connectivity index (χ2n) is 6.04. The van der Waals surface area contributed by atoms with Crippen LogP contribution in [0.2, 0.25) is 5.02 Å². The summed E-state index contributed by atoms with van der Waals surface area (Å²) < 4.78 is 5.32. The Morgan fingerprint density at radius 2 is 1.75 bits per heavy atom. The maximum Gasteiger partial charge on any atom is 0.353 e. The van der Waals surface area contributed by atoms with Gasteiger partial charge in [-0.2, -0.15) is 0 Å². The van der Waals surface area contributed by atoms with Crippen molar-refractivity contribution in [3.8, 4) is 5.75 Å². The number of hydrogen-bond acceptors (Lipinski definition) is 7. The Hall–Kier alpha value is -3.39. The first-order valence-corrected chi connectivity index (χ1v) is 8.71. The number of nitro groups is 1. The minimum atomic E-state index is -0.535. The Morgan fingerprint density at radius 3 is 2.39 bits per heavy atom. The van der Waals surface area contributed by atoms with Crippen LogP contribution in [0.25, 0.3) is 0 Å². The molecule has 8 nitrogen and oxygen atoms in total. The predicted octanol–water partition coefficient (Wildman–Crippen LogP) is 5.15. The van der Waals surface area contributed by atoms with Crippen LogP contribution < -0.4 is 15.4 Å². The van der Waals surface area contributed by atoms with Crippen molar-refractivity contribution in [1.29, 1.82) is 0 Å². The zero-order valence-corrected chi connectivity index (χ0v) is 16.2. The number of ether oxygens (including phenoxy) is 1. The Morgan fingerprint density at radius 1 is 1.07 bits per heavy atom. The molecule has 0 fully saturated rings. The van der Waals surface area contributed by atoms with E-state index in [-0.39, 0.29) is 17.3 Å². The smallest absolute Gasteiger partial charge is 0.353 e. The summed E-state index contributed by atoms with van der Waals surface area (Å²) in [5.74, 6) is 0.643. The van der Waals surface area contributed by atoms with Crippen molar-refractivity contribution in [2.45, 2.75) is 13.8 Å². The molecule has 0 saturated heterocycles. The molecule has 28 heavy (non-hydrogen) atoms. The molecule has 3 rings (SSSR count). The van der Waals surface area contributed by atoms with E-state index >= 15 is 0 Å². The van der Waals surface area contributed by atoms with E-state index in [1.165, 1.54) is 13.4 Å². The SMILES string of the molecule is COc1ccc(C)cc1Nc1ncnc(Nc2cccc(Cl)c2C)c1[N+](=O)[O-]. The van der Waals surface area contributed by atoms with Crippen LogP contribution in [0.15, 0.2) is 42.7 Å². The summed E-state index contributed by atoms with van der Waals surface area (Å²) in [7, 11) is 1.53. The van der Waals surface area contributed by atoms with Gasteiger partial charge in [-0.3, -0.25) is 10.1 Å². The van der Waals surface area contributed by atoms with Gasteiger partial charge in [-0.05, 0) is 49.2 Å². The zero-order valence-electron chi connectivity index (χ0n) is 15.5. The average Bonchev–Trinajstić information content (AvgIpc) is 2.65. The molecule has 0 bridgehead atoms. The predicted molar refractivity (Wildman–Crippen MR) is 109 cm³/mol. The molecule has 0 aliphatic carbocycles. The van der Waals surface area contributed by atoms with Crippen molar-refractivity contribution < 1.29 is 9.66 Å². The third-order valence-electron chi connectivity index (χ3n) is 4.13. The topological polar surface area (TPSA) is 102 Å². The van der Waals surface area contributed by atoms with Crippen molar-refractivity contribution in [2.75, 3.05) is 17.7 Å². The number of nitrogens with zero attached hydrogens (tertiary/aromatic N) is 3. The average molecular weight is 400 g/mol. The molecule has 0 saturated carbocycles. The van der Waals surface area contributed by atoms with E-state index in [0.717, 1.165) is 11.1 Å². The fraction of sp³-hybridized carbons (Fsp3) is 0.158. The maximum absolute atomic E-state index is 11.8. The van der Waals surface area contributed by atoms with Gasteiger partial charge in [-0.25, -0.2) is 9.97 Å². The molecule has 3 aromatic rings. The quantitative estimate of drug-likeness (QED) is 0.436. The van der Waals surface area contributed by atoms with Crippen molar-refractivity contribution in [2.24, 2.45) is 0 Å². The molecule has 0 aliphatic heterocycles. The van der Waals surface area contributed by atoms with Crippen LogP contribution in [0.3, 0.4) is 0 Å². The van der Waals surface area contributed by atoms with Crippen LogP contribution in [-0.4, -0.2) is 22.0 Å². The highest BCUT2D eigenvalue weighted by molar-refractivity contribution is 6.31. The number of benzene rings is 2. The summed E-state index contributed by atoms with van der Waals surface area (Å²) >= 11 is 6.14. The van der Waals surface area contributed by atoms with Crippen molar-refractivity contribution >= 4 is 40.3 Å². The number of methoxy groups -OCH3 is 1. The van der Waals surface area contributed by atoms with E-state index < -0.39 is 4.92 Å². The van der Waals surface area contributed by atoms with E-state index in [1.54, 1.807) is 24.3 Å². The van der Waals surface area contributed by atoms with Gasteiger partial charge in [0.25, 0.3) is 0 Å². The molecule has 9 heteroatoms. The van der Waals surface area contributed by atoms with Gasteiger partial charge in [0, 0.05) is 10.7 Å². The molecule has 0 atom stereocenters. The highest BCUT2D eigenvalue weighted by Crippen LogP contribution is 2.36. The van der Waals surface area contributed by atoms with E-state index in [0.29, 0.717) is 22.1 Å². The Bertz CT molecular complexity index is 1040. The molecule has 0 unspecified atom stereocenters. The van der Waals surface area contributed by atoms with Crippen molar-refractivity contribution in [3.05, 3.63) is 69.0 Å².